The SMILES string of the molecule is COc1ccc(C(=O)N2CCCN2C(=S)NCc2ccc3c(c2)OCO3)c(OC)c1OC. The zero-order chi connectivity index (χ0) is 22.7. The van der Waals surface area contributed by atoms with Crippen molar-refractivity contribution in [1.29, 1.82) is 0 Å². The van der Waals surface area contributed by atoms with Gasteiger partial charge in [-0.15, -0.1) is 0 Å². The number of hydrogen-bond donors (Lipinski definition) is 1. The summed E-state index contributed by atoms with van der Waals surface area (Å²) in [4.78, 5) is 13.4. The molecule has 2 aliphatic rings. The average molecular weight is 460 g/mol. The average Bonchev–Trinajstić information content (AvgIpc) is 3.50. The van der Waals surface area contributed by atoms with Crippen LogP contribution in [0.5, 0.6) is 28.7 Å². The summed E-state index contributed by atoms with van der Waals surface area (Å²) in [6.07, 6.45) is 0.799. The highest BCUT2D eigenvalue weighted by atomic mass is 32.1. The third kappa shape index (κ3) is 4.05. The number of benzene rings is 2. The van der Waals surface area contributed by atoms with Gasteiger partial charge in [0.05, 0.1) is 26.9 Å². The first-order valence-corrected chi connectivity index (χ1v) is 10.5. The molecule has 0 bridgehead atoms. The number of nitrogens with zero attached hydrogens (tertiary/aromatic N) is 2. The van der Waals surface area contributed by atoms with Crippen molar-refractivity contribution in [3.8, 4) is 28.7 Å². The van der Waals surface area contributed by atoms with E-state index in [9.17, 15) is 4.79 Å². The van der Waals surface area contributed by atoms with Crippen molar-refractivity contribution < 1.29 is 28.5 Å². The van der Waals surface area contributed by atoms with Gasteiger partial charge in [0.25, 0.3) is 5.91 Å². The molecule has 9 nitrogen and oxygen atoms in total. The molecule has 2 heterocycles. The summed E-state index contributed by atoms with van der Waals surface area (Å²) in [6, 6.07) is 9.09. The summed E-state index contributed by atoms with van der Waals surface area (Å²) >= 11 is 5.60. The second-order valence-corrected chi connectivity index (χ2v) is 7.52. The smallest absolute Gasteiger partial charge is 0.276 e. The molecule has 10 heteroatoms. The first-order chi connectivity index (χ1) is 15.6. The predicted molar refractivity (Wildman–Crippen MR) is 120 cm³/mol. The molecule has 1 N–H and O–H groups in total. The molecule has 4 rings (SSSR count). The van der Waals surface area contributed by atoms with Crippen molar-refractivity contribution in [2.45, 2.75) is 13.0 Å². The minimum Gasteiger partial charge on any atom is -0.493 e. The Morgan fingerprint density at radius 1 is 1.00 bits per heavy atom. The van der Waals surface area contributed by atoms with E-state index in [1.165, 1.54) is 21.3 Å². The van der Waals surface area contributed by atoms with Crippen LogP contribution >= 0.6 is 12.2 Å². The Morgan fingerprint density at radius 2 is 1.75 bits per heavy atom. The van der Waals surface area contributed by atoms with Gasteiger partial charge in [0.2, 0.25) is 12.5 Å². The Balaban J connectivity index is 1.48. The van der Waals surface area contributed by atoms with Crippen LogP contribution in [-0.4, -0.2) is 62.2 Å². The van der Waals surface area contributed by atoms with Gasteiger partial charge in [-0.25, -0.2) is 5.01 Å². The van der Waals surface area contributed by atoms with Crippen molar-refractivity contribution in [3.63, 3.8) is 0 Å². The normalized spacial score (nSPS) is 14.3. The molecule has 1 amide bonds. The number of ether oxygens (including phenoxy) is 5. The number of hydrogen-bond acceptors (Lipinski definition) is 7. The number of rotatable bonds is 6. The van der Waals surface area contributed by atoms with Gasteiger partial charge in [0.1, 0.15) is 0 Å². The monoisotopic (exact) mass is 459 g/mol. The van der Waals surface area contributed by atoms with Crippen molar-refractivity contribution >= 4 is 23.2 Å². The first-order valence-electron chi connectivity index (χ1n) is 10.1. The van der Waals surface area contributed by atoms with E-state index in [4.69, 9.17) is 35.9 Å². The number of carbonyl (C=O) groups excluding carboxylic acids is 1. The molecule has 0 unspecified atom stereocenters. The van der Waals surface area contributed by atoms with Crippen LogP contribution in [0.3, 0.4) is 0 Å². The summed E-state index contributed by atoms with van der Waals surface area (Å²) in [5.41, 5.74) is 1.37. The summed E-state index contributed by atoms with van der Waals surface area (Å²) in [5, 5.41) is 7.10. The van der Waals surface area contributed by atoms with Gasteiger partial charge in [0, 0.05) is 19.6 Å². The molecule has 0 aliphatic carbocycles. The Labute approximate surface area is 191 Å². The molecule has 0 radical (unpaired) electrons. The Kier molecular flexibility index (Phi) is 6.40. The Morgan fingerprint density at radius 3 is 2.50 bits per heavy atom. The molecule has 2 aromatic carbocycles. The van der Waals surface area contributed by atoms with Crippen molar-refractivity contribution in [3.05, 3.63) is 41.5 Å². The van der Waals surface area contributed by atoms with Crippen molar-refractivity contribution in [2.75, 3.05) is 41.2 Å². The molecule has 0 saturated carbocycles. The van der Waals surface area contributed by atoms with Gasteiger partial charge >= 0.3 is 0 Å². The van der Waals surface area contributed by atoms with Crippen LogP contribution in [0.2, 0.25) is 0 Å². The topological polar surface area (TPSA) is 81.7 Å². The standard InChI is InChI=1S/C22H25N3O6S/c1-27-17-8-6-15(19(28-2)20(17)29-3)21(26)24-9-4-10-25(24)22(32)23-12-14-5-7-16-18(11-14)31-13-30-16/h5-8,11H,4,9-10,12-13H2,1-3H3,(H,23,32). The number of hydrazine groups is 1. The van der Waals surface area contributed by atoms with E-state index in [2.05, 4.69) is 5.32 Å². The van der Waals surface area contributed by atoms with Crippen LogP contribution in [-0.2, 0) is 6.54 Å². The number of thiocarbonyl (C=S) groups is 1. The summed E-state index contributed by atoms with van der Waals surface area (Å²) < 4.78 is 27.0. The molecule has 170 valence electrons. The fourth-order valence-electron chi connectivity index (χ4n) is 3.76. The first kappa shape index (κ1) is 21.8. The molecular formula is C22H25N3O6S. The zero-order valence-corrected chi connectivity index (χ0v) is 19.0. The molecule has 0 spiro atoms. The lowest BCUT2D eigenvalue weighted by molar-refractivity contribution is 0.0487. The molecule has 2 aliphatic heterocycles. The van der Waals surface area contributed by atoms with Crippen LogP contribution in [0.25, 0.3) is 0 Å². The number of fused-ring (bicyclic) bond motifs is 1. The van der Waals surface area contributed by atoms with Gasteiger partial charge in [-0.2, -0.15) is 0 Å². The second kappa shape index (κ2) is 9.39. The second-order valence-electron chi connectivity index (χ2n) is 7.13. The van der Waals surface area contributed by atoms with E-state index >= 15 is 0 Å². The van der Waals surface area contributed by atoms with Crippen LogP contribution in [0.15, 0.2) is 30.3 Å². The van der Waals surface area contributed by atoms with Crippen LogP contribution < -0.4 is 29.0 Å². The molecule has 2 aromatic rings. The molecule has 1 fully saturated rings. The highest BCUT2D eigenvalue weighted by Crippen LogP contribution is 2.40. The fourth-order valence-corrected chi connectivity index (χ4v) is 4.02. The molecular weight excluding hydrogens is 434 g/mol. The summed E-state index contributed by atoms with van der Waals surface area (Å²) in [5.74, 6) is 2.40. The van der Waals surface area contributed by atoms with E-state index in [-0.39, 0.29) is 12.7 Å². The van der Waals surface area contributed by atoms with Gasteiger partial charge in [0.15, 0.2) is 28.1 Å². The maximum absolute atomic E-state index is 13.4. The molecule has 32 heavy (non-hydrogen) atoms. The molecule has 1 saturated heterocycles. The summed E-state index contributed by atoms with van der Waals surface area (Å²) in [6.45, 7) is 1.90. The van der Waals surface area contributed by atoms with E-state index in [1.54, 1.807) is 22.2 Å². The highest BCUT2D eigenvalue weighted by Gasteiger charge is 2.32. The number of carbonyl (C=O) groups is 1. The molecule has 0 atom stereocenters. The summed E-state index contributed by atoms with van der Waals surface area (Å²) in [7, 11) is 4.53. The lowest BCUT2D eigenvalue weighted by Gasteiger charge is -2.31. The fraction of sp³-hybridized carbons (Fsp3) is 0.364. The van der Waals surface area contributed by atoms with Crippen molar-refractivity contribution in [1.82, 2.24) is 15.3 Å². The van der Waals surface area contributed by atoms with Crippen LogP contribution in [0, 0.1) is 0 Å². The molecule has 0 aromatic heterocycles. The Bertz CT molecular complexity index is 1030. The maximum atomic E-state index is 13.4. The van der Waals surface area contributed by atoms with E-state index in [1.807, 2.05) is 18.2 Å². The van der Waals surface area contributed by atoms with Gasteiger partial charge in [-0.1, -0.05) is 6.07 Å². The van der Waals surface area contributed by atoms with E-state index < -0.39 is 0 Å². The third-order valence-corrected chi connectivity index (χ3v) is 5.67. The van der Waals surface area contributed by atoms with E-state index in [0.717, 1.165) is 17.7 Å². The maximum Gasteiger partial charge on any atom is 0.276 e. The minimum absolute atomic E-state index is 0.229. The Hall–Kier alpha value is -3.40. The van der Waals surface area contributed by atoms with Gasteiger partial charge in [-0.3, -0.25) is 9.80 Å². The number of methoxy groups -OCH3 is 3. The quantitative estimate of drug-likeness (QED) is 0.656. The van der Waals surface area contributed by atoms with E-state index in [0.29, 0.717) is 53.3 Å². The van der Waals surface area contributed by atoms with Crippen LogP contribution in [0.1, 0.15) is 22.3 Å². The highest BCUT2D eigenvalue weighted by molar-refractivity contribution is 7.80. The largest absolute Gasteiger partial charge is 0.493 e. The van der Waals surface area contributed by atoms with Crippen molar-refractivity contribution in [2.24, 2.45) is 0 Å². The third-order valence-electron chi connectivity index (χ3n) is 5.32. The van der Waals surface area contributed by atoms with Gasteiger partial charge in [-0.05, 0) is 48.5 Å². The lowest BCUT2D eigenvalue weighted by atomic mass is 10.1. The lowest BCUT2D eigenvalue weighted by Crippen LogP contribution is -2.49. The zero-order valence-electron chi connectivity index (χ0n) is 18.2. The predicted octanol–water partition coefficient (Wildman–Crippen LogP) is 2.58. The van der Waals surface area contributed by atoms with Crippen LogP contribution in [0.4, 0.5) is 0 Å². The van der Waals surface area contributed by atoms with Gasteiger partial charge < -0.3 is 29.0 Å². The minimum atomic E-state index is -0.229. The number of nitrogens with one attached hydrogen (secondary N) is 1. The number of amides is 1.